The molecule has 1 aliphatic heterocycles. The first-order valence-electron chi connectivity index (χ1n) is 5.18. The largest absolute Gasteiger partial charge is 0.468 e. The summed E-state index contributed by atoms with van der Waals surface area (Å²) in [6, 6.07) is 0. The minimum Gasteiger partial charge on any atom is -0.468 e. The maximum absolute atomic E-state index is 10.8. The predicted molar refractivity (Wildman–Crippen MR) is 59.6 cm³/mol. The molecule has 0 spiro atoms. The summed E-state index contributed by atoms with van der Waals surface area (Å²) in [7, 11) is 1.44. The van der Waals surface area contributed by atoms with Gasteiger partial charge in [-0.1, -0.05) is 0 Å². The van der Waals surface area contributed by atoms with Crippen molar-refractivity contribution in [2.24, 2.45) is 5.92 Å². The molecule has 0 aromatic carbocycles. The molecule has 1 fully saturated rings. The number of esters is 1. The molecule has 1 saturated heterocycles. The number of carbonyl (C=O) groups excluding carboxylic acids is 1. The van der Waals surface area contributed by atoms with Gasteiger partial charge in [0.1, 0.15) is 0 Å². The van der Waals surface area contributed by atoms with E-state index in [-0.39, 0.29) is 5.97 Å². The normalized spacial score (nSPS) is 18.1. The Labute approximate surface area is 90.0 Å². The molecule has 14 heavy (non-hydrogen) atoms. The summed E-state index contributed by atoms with van der Waals surface area (Å²) in [5.74, 6) is 2.34. The number of rotatable bonds is 5. The minimum atomic E-state index is -0.111. The van der Waals surface area contributed by atoms with Gasteiger partial charge in [-0.2, -0.15) is 11.8 Å². The smallest absolute Gasteiger partial charge is 0.315 e. The summed E-state index contributed by atoms with van der Waals surface area (Å²) in [5, 5.41) is 3.35. The van der Waals surface area contributed by atoms with Gasteiger partial charge in [0.05, 0.1) is 12.9 Å². The van der Waals surface area contributed by atoms with E-state index in [1.165, 1.54) is 26.4 Å². The summed E-state index contributed by atoms with van der Waals surface area (Å²) in [4.78, 5) is 10.8. The van der Waals surface area contributed by atoms with Crippen LogP contribution >= 0.6 is 11.8 Å². The summed E-state index contributed by atoms with van der Waals surface area (Å²) in [5.41, 5.74) is 0. The Bertz CT molecular complexity index is 170. The first-order valence-corrected chi connectivity index (χ1v) is 6.33. The molecule has 0 aromatic rings. The number of ether oxygens (including phenoxy) is 1. The van der Waals surface area contributed by atoms with Gasteiger partial charge in [0.2, 0.25) is 0 Å². The van der Waals surface area contributed by atoms with E-state index >= 15 is 0 Å². The lowest BCUT2D eigenvalue weighted by atomic mass is 9.96. The maximum Gasteiger partial charge on any atom is 0.315 e. The molecule has 3 nitrogen and oxygen atoms in total. The van der Waals surface area contributed by atoms with Crippen LogP contribution in [0.15, 0.2) is 0 Å². The van der Waals surface area contributed by atoms with Crippen molar-refractivity contribution in [3.8, 4) is 0 Å². The molecule has 4 heteroatoms. The van der Waals surface area contributed by atoms with Crippen molar-refractivity contribution in [1.29, 1.82) is 0 Å². The second kappa shape index (κ2) is 7.12. The van der Waals surface area contributed by atoms with Gasteiger partial charge in [-0.05, 0) is 44.0 Å². The SMILES string of the molecule is COC(=O)CSCCC1CCNCC1. The second-order valence-electron chi connectivity index (χ2n) is 3.61. The van der Waals surface area contributed by atoms with Gasteiger partial charge in [-0.25, -0.2) is 0 Å². The lowest BCUT2D eigenvalue weighted by Gasteiger charge is -2.22. The standard InChI is InChI=1S/C10H19NO2S/c1-13-10(12)8-14-7-4-9-2-5-11-6-3-9/h9,11H,2-8H2,1H3. The molecule has 1 rings (SSSR count). The zero-order valence-corrected chi connectivity index (χ0v) is 9.57. The first kappa shape index (κ1) is 11.9. The summed E-state index contributed by atoms with van der Waals surface area (Å²) >= 11 is 1.68. The lowest BCUT2D eigenvalue weighted by Crippen LogP contribution is -2.28. The van der Waals surface area contributed by atoms with E-state index in [1.807, 2.05) is 0 Å². The fraction of sp³-hybridized carbons (Fsp3) is 0.900. The van der Waals surface area contributed by atoms with E-state index in [1.54, 1.807) is 11.8 Å². The minimum absolute atomic E-state index is 0.111. The Hall–Kier alpha value is -0.220. The monoisotopic (exact) mass is 217 g/mol. The van der Waals surface area contributed by atoms with Crippen LogP contribution < -0.4 is 5.32 Å². The average Bonchev–Trinajstić information content (AvgIpc) is 2.25. The third-order valence-electron chi connectivity index (χ3n) is 2.58. The number of carbonyl (C=O) groups is 1. The second-order valence-corrected chi connectivity index (χ2v) is 4.72. The van der Waals surface area contributed by atoms with Gasteiger partial charge in [-0.15, -0.1) is 0 Å². The van der Waals surface area contributed by atoms with Crippen molar-refractivity contribution in [3.05, 3.63) is 0 Å². The van der Waals surface area contributed by atoms with Crippen LogP contribution in [-0.2, 0) is 9.53 Å². The van der Waals surface area contributed by atoms with Crippen LogP contribution in [0.4, 0.5) is 0 Å². The zero-order chi connectivity index (χ0) is 10.2. The molecule has 1 aliphatic rings. The molecule has 0 unspecified atom stereocenters. The van der Waals surface area contributed by atoms with Crippen LogP contribution in [0.25, 0.3) is 0 Å². The van der Waals surface area contributed by atoms with E-state index in [2.05, 4.69) is 10.1 Å². The van der Waals surface area contributed by atoms with Crippen molar-refractivity contribution in [2.75, 3.05) is 31.7 Å². The molecule has 0 amide bonds. The molecular weight excluding hydrogens is 198 g/mol. The van der Waals surface area contributed by atoms with Gasteiger partial charge < -0.3 is 10.1 Å². The highest BCUT2D eigenvalue weighted by Crippen LogP contribution is 2.18. The number of hydrogen-bond acceptors (Lipinski definition) is 4. The highest BCUT2D eigenvalue weighted by molar-refractivity contribution is 7.99. The summed E-state index contributed by atoms with van der Waals surface area (Å²) < 4.78 is 4.57. The number of thioether (sulfide) groups is 1. The molecular formula is C10H19NO2S. The van der Waals surface area contributed by atoms with Crippen LogP contribution in [-0.4, -0.2) is 37.7 Å². The van der Waals surface area contributed by atoms with E-state index < -0.39 is 0 Å². The maximum atomic E-state index is 10.8. The Kier molecular flexibility index (Phi) is 6.03. The van der Waals surface area contributed by atoms with Crippen LogP contribution in [0, 0.1) is 5.92 Å². The Morgan fingerprint density at radius 1 is 1.50 bits per heavy atom. The molecule has 0 radical (unpaired) electrons. The van der Waals surface area contributed by atoms with Crippen molar-refractivity contribution in [3.63, 3.8) is 0 Å². The topological polar surface area (TPSA) is 38.3 Å². The molecule has 0 atom stereocenters. The van der Waals surface area contributed by atoms with E-state index in [0.29, 0.717) is 5.75 Å². The average molecular weight is 217 g/mol. The Morgan fingerprint density at radius 3 is 2.86 bits per heavy atom. The zero-order valence-electron chi connectivity index (χ0n) is 8.75. The fourth-order valence-electron chi connectivity index (χ4n) is 1.63. The number of piperidine rings is 1. The van der Waals surface area contributed by atoms with Crippen molar-refractivity contribution in [1.82, 2.24) is 5.32 Å². The van der Waals surface area contributed by atoms with Crippen molar-refractivity contribution >= 4 is 17.7 Å². The molecule has 0 aliphatic carbocycles. The summed E-state index contributed by atoms with van der Waals surface area (Å²) in [6.45, 7) is 2.32. The highest BCUT2D eigenvalue weighted by atomic mass is 32.2. The fourth-order valence-corrected chi connectivity index (χ4v) is 2.56. The van der Waals surface area contributed by atoms with Gasteiger partial charge in [0.15, 0.2) is 0 Å². The third-order valence-corrected chi connectivity index (χ3v) is 3.54. The van der Waals surface area contributed by atoms with Gasteiger partial charge in [0, 0.05) is 0 Å². The lowest BCUT2D eigenvalue weighted by molar-refractivity contribution is -0.137. The van der Waals surface area contributed by atoms with Crippen LogP contribution in [0.3, 0.4) is 0 Å². The van der Waals surface area contributed by atoms with Gasteiger partial charge in [0.25, 0.3) is 0 Å². The molecule has 0 saturated carbocycles. The molecule has 82 valence electrons. The van der Waals surface area contributed by atoms with Gasteiger partial charge >= 0.3 is 5.97 Å². The Morgan fingerprint density at radius 2 is 2.21 bits per heavy atom. The molecule has 1 N–H and O–H groups in total. The number of hydrogen-bond donors (Lipinski definition) is 1. The molecule has 0 bridgehead atoms. The van der Waals surface area contributed by atoms with Crippen molar-refractivity contribution in [2.45, 2.75) is 19.3 Å². The van der Waals surface area contributed by atoms with Crippen molar-refractivity contribution < 1.29 is 9.53 Å². The summed E-state index contributed by atoms with van der Waals surface area (Å²) in [6.07, 6.45) is 3.82. The third kappa shape index (κ3) is 4.86. The predicted octanol–water partition coefficient (Wildman–Crippen LogP) is 1.28. The molecule has 1 heterocycles. The highest BCUT2D eigenvalue weighted by Gasteiger charge is 2.12. The van der Waals surface area contributed by atoms with Crippen LogP contribution in [0.2, 0.25) is 0 Å². The number of methoxy groups -OCH3 is 1. The quantitative estimate of drug-likeness (QED) is 0.556. The number of nitrogens with one attached hydrogen (secondary N) is 1. The first-order chi connectivity index (χ1) is 6.83. The van der Waals surface area contributed by atoms with E-state index in [4.69, 9.17) is 0 Å². The van der Waals surface area contributed by atoms with Crippen LogP contribution in [0.1, 0.15) is 19.3 Å². The Balaban J connectivity index is 1.94. The van der Waals surface area contributed by atoms with E-state index in [0.717, 1.165) is 24.8 Å². The van der Waals surface area contributed by atoms with E-state index in [9.17, 15) is 4.79 Å². The van der Waals surface area contributed by atoms with Crippen LogP contribution in [0.5, 0.6) is 0 Å². The molecule has 0 aromatic heterocycles. The van der Waals surface area contributed by atoms with Gasteiger partial charge in [-0.3, -0.25) is 4.79 Å².